The minimum absolute atomic E-state index is 0.326. The molecule has 0 aliphatic rings. The molecule has 2 heterocycles. The van der Waals surface area contributed by atoms with Crippen LogP contribution in [0.5, 0.6) is 0 Å². The van der Waals surface area contributed by atoms with Gasteiger partial charge in [0, 0.05) is 6.07 Å². The molecule has 0 amide bonds. The summed E-state index contributed by atoms with van der Waals surface area (Å²) in [4.78, 5) is 10.9. The van der Waals surface area contributed by atoms with Crippen LogP contribution in [-0.2, 0) is 6.54 Å². The summed E-state index contributed by atoms with van der Waals surface area (Å²) in [5, 5.41) is 6.38. The van der Waals surface area contributed by atoms with E-state index >= 15 is 0 Å². The second kappa shape index (κ2) is 3.77. The van der Waals surface area contributed by atoms with Gasteiger partial charge in [-0.1, -0.05) is 5.16 Å². The number of nitrogens with zero attached hydrogens (tertiary/aromatic N) is 4. The molecule has 7 heteroatoms. The molecule has 0 aliphatic carbocycles. The standard InChI is InChI=1S/C7H6FN5O/c8-5-1-6(11-3-10-5)9-2-7-12-4-14-13-7/h1,3-4H,2H2,(H,9,10,11). The van der Waals surface area contributed by atoms with Gasteiger partial charge in [-0.2, -0.15) is 9.37 Å². The van der Waals surface area contributed by atoms with Gasteiger partial charge < -0.3 is 9.84 Å². The maximum absolute atomic E-state index is 12.6. The van der Waals surface area contributed by atoms with Gasteiger partial charge in [-0.05, 0) is 0 Å². The lowest BCUT2D eigenvalue weighted by Crippen LogP contribution is -2.03. The first kappa shape index (κ1) is 8.54. The number of hydrogen-bond acceptors (Lipinski definition) is 6. The van der Waals surface area contributed by atoms with Crippen LogP contribution < -0.4 is 5.32 Å². The molecule has 0 aliphatic heterocycles. The molecule has 0 saturated carbocycles. The SMILES string of the molecule is Fc1cc(NCc2ncon2)ncn1. The molecule has 0 radical (unpaired) electrons. The Bertz CT molecular complexity index is 404. The molecule has 0 atom stereocenters. The van der Waals surface area contributed by atoms with Crippen molar-refractivity contribution in [3.05, 3.63) is 30.6 Å². The minimum Gasteiger partial charge on any atom is -0.362 e. The highest BCUT2D eigenvalue weighted by Crippen LogP contribution is 2.03. The molecule has 0 fully saturated rings. The molecule has 0 spiro atoms. The molecular weight excluding hydrogens is 189 g/mol. The van der Waals surface area contributed by atoms with Crippen LogP contribution in [0.1, 0.15) is 5.82 Å². The zero-order chi connectivity index (χ0) is 9.80. The van der Waals surface area contributed by atoms with Crippen molar-refractivity contribution in [2.24, 2.45) is 0 Å². The Morgan fingerprint density at radius 3 is 3.00 bits per heavy atom. The predicted molar refractivity (Wildman–Crippen MR) is 43.6 cm³/mol. The first-order chi connectivity index (χ1) is 6.84. The summed E-state index contributed by atoms with van der Waals surface area (Å²) in [7, 11) is 0. The van der Waals surface area contributed by atoms with E-state index in [-0.39, 0.29) is 0 Å². The van der Waals surface area contributed by atoms with E-state index in [1.807, 2.05) is 0 Å². The van der Waals surface area contributed by atoms with Gasteiger partial charge in [0.15, 0.2) is 5.82 Å². The lowest BCUT2D eigenvalue weighted by atomic mass is 10.5. The first-order valence-electron chi connectivity index (χ1n) is 3.81. The summed E-state index contributed by atoms with van der Waals surface area (Å²) < 4.78 is 17.1. The molecular formula is C7H6FN5O. The van der Waals surface area contributed by atoms with Gasteiger partial charge in [-0.25, -0.2) is 9.97 Å². The van der Waals surface area contributed by atoms with Crippen LogP contribution >= 0.6 is 0 Å². The summed E-state index contributed by atoms with van der Waals surface area (Å²) in [5.74, 6) is 0.266. The zero-order valence-electron chi connectivity index (χ0n) is 7.01. The van der Waals surface area contributed by atoms with Crippen LogP contribution in [0.2, 0.25) is 0 Å². The number of rotatable bonds is 3. The Morgan fingerprint density at radius 2 is 2.29 bits per heavy atom. The quantitative estimate of drug-likeness (QED) is 0.723. The van der Waals surface area contributed by atoms with Crippen molar-refractivity contribution in [1.82, 2.24) is 20.1 Å². The normalized spacial score (nSPS) is 10.1. The summed E-state index contributed by atoms with van der Waals surface area (Å²) in [6.45, 7) is 0.326. The van der Waals surface area contributed by atoms with Gasteiger partial charge in [-0.15, -0.1) is 0 Å². The van der Waals surface area contributed by atoms with E-state index < -0.39 is 5.95 Å². The van der Waals surface area contributed by atoms with Crippen molar-refractivity contribution >= 4 is 5.82 Å². The van der Waals surface area contributed by atoms with Crippen LogP contribution in [-0.4, -0.2) is 20.1 Å². The van der Waals surface area contributed by atoms with E-state index in [9.17, 15) is 4.39 Å². The van der Waals surface area contributed by atoms with Crippen molar-refractivity contribution in [2.75, 3.05) is 5.32 Å². The van der Waals surface area contributed by atoms with Gasteiger partial charge in [0.05, 0.1) is 6.54 Å². The average Bonchev–Trinajstić information content (AvgIpc) is 2.67. The Balaban J connectivity index is 1.98. The third-order valence-electron chi connectivity index (χ3n) is 1.47. The van der Waals surface area contributed by atoms with Crippen LogP contribution in [0, 0.1) is 5.95 Å². The summed E-state index contributed by atoms with van der Waals surface area (Å²) >= 11 is 0. The van der Waals surface area contributed by atoms with Crippen molar-refractivity contribution in [3.8, 4) is 0 Å². The van der Waals surface area contributed by atoms with E-state index in [2.05, 4.69) is 29.9 Å². The highest BCUT2D eigenvalue weighted by atomic mass is 19.1. The van der Waals surface area contributed by atoms with Crippen molar-refractivity contribution in [1.29, 1.82) is 0 Å². The van der Waals surface area contributed by atoms with E-state index in [1.54, 1.807) is 0 Å². The van der Waals surface area contributed by atoms with Crippen LogP contribution in [0.15, 0.2) is 23.3 Å². The molecule has 0 bridgehead atoms. The Labute approximate surface area is 78.2 Å². The van der Waals surface area contributed by atoms with E-state index in [0.717, 1.165) is 6.33 Å². The van der Waals surface area contributed by atoms with Gasteiger partial charge in [0.25, 0.3) is 0 Å². The van der Waals surface area contributed by atoms with Crippen molar-refractivity contribution in [3.63, 3.8) is 0 Å². The highest BCUT2D eigenvalue weighted by molar-refractivity contribution is 5.31. The van der Waals surface area contributed by atoms with Crippen molar-refractivity contribution in [2.45, 2.75) is 6.54 Å². The number of anilines is 1. The molecule has 2 rings (SSSR count). The largest absolute Gasteiger partial charge is 0.362 e. The minimum atomic E-state index is -0.587. The molecule has 0 saturated heterocycles. The molecule has 2 aromatic rings. The van der Waals surface area contributed by atoms with Gasteiger partial charge >= 0.3 is 0 Å². The van der Waals surface area contributed by atoms with E-state index in [0.29, 0.717) is 18.2 Å². The fourth-order valence-corrected chi connectivity index (χ4v) is 0.870. The third-order valence-corrected chi connectivity index (χ3v) is 1.47. The molecule has 0 aromatic carbocycles. The lowest BCUT2D eigenvalue weighted by molar-refractivity contribution is 0.411. The molecule has 2 aromatic heterocycles. The second-order valence-corrected chi connectivity index (χ2v) is 2.43. The highest BCUT2D eigenvalue weighted by Gasteiger charge is 2.00. The Morgan fingerprint density at radius 1 is 1.36 bits per heavy atom. The van der Waals surface area contributed by atoms with E-state index in [1.165, 1.54) is 12.5 Å². The smallest absolute Gasteiger partial charge is 0.217 e. The molecule has 14 heavy (non-hydrogen) atoms. The Kier molecular flexibility index (Phi) is 2.30. The van der Waals surface area contributed by atoms with Crippen LogP contribution in [0.3, 0.4) is 0 Å². The summed E-state index contributed by atoms with van der Waals surface area (Å²) in [5.41, 5.74) is 0. The van der Waals surface area contributed by atoms with E-state index in [4.69, 9.17) is 0 Å². The Hall–Kier alpha value is -2.05. The van der Waals surface area contributed by atoms with Gasteiger partial charge in [-0.3, -0.25) is 0 Å². The topological polar surface area (TPSA) is 76.7 Å². The number of halogens is 1. The second-order valence-electron chi connectivity index (χ2n) is 2.43. The van der Waals surface area contributed by atoms with Gasteiger partial charge in [0.2, 0.25) is 12.3 Å². The molecule has 6 nitrogen and oxygen atoms in total. The van der Waals surface area contributed by atoms with Crippen LogP contribution in [0.25, 0.3) is 0 Å². The zero-order valence-corrected chi connectivity index (χ0v) is 7.01. The predicted octanol–water partition coefficient (Wildman–Crippen LogP) is 0.611. The summed E-state index contributed by atoms with van der Waals surface area (Å²) in [6, 6.07) is 1.18. The molecule has 0 unspecified atom stereocenters. The third kappa shape index (κ3) is 2.00. The first-order valence-corrected chi connectivity index (χ1v) is 3.81. The summed E-state index contributed by atoms with van der Waals surface area (Å²) in [6.07, 6.45) is 2.35. The monoisotopic (exact) mass is 195 g/mol. The maximum atomic E-state index is 12.6. The molecule has 72 valence electrons. The number of aromatic nitrogens is 4. The fourth-order valence-electron chi connectivity index (χ4n) is 0.870. The number of nitrogens with one attached hydrogen (secondary N) is 1. The fraction of sp³-hybridized carbons (Fsp3) is 0.143. The average molecular weight is 195 g/mol. The van der Waals surface area contributed by atoms with Crippen molar-refractivity contribution < 1.29 is 8.91 Å². The van der Waals surface area contributed by atoms with Crippen LogP contribution in [0.4, 0.5) is 10.2 Å². The molecule has 1 N–H and O–H groups in total. The number of hydrogen-bond donors (Lipinski definition) is 1. The lowest BCUT2D eigenvalue weighted by Gasteiger charge is -2.00. The maximum Gasteiger partial charge on any atom is 0.217 e. The van der Waals surface area contributed by atoms with Gasteiger partial charge in [0.1, 0.15) is 12.1 Å².